The fourth-order valence-corrected chi connectivity index (χ4v) is 3.72. The van der Waals surface area contributed by atoms with Crippen LogP contribution in [-0.4, -0.2) is 10.5 Å². The monoisotopic (exact) mass is 386 g/mol. The Hall–Kier alpha value is -2.56. The molecule has 0 saturated heterocycles. The van der Waals surface area contributed by atoms with Crippen molar-refractivity contribution in [3.8, 4) is 0 Å². The van der Waals surface area contributed by atoms with Gasteiger partial charge in [0, 0.05) is 31.9 Å². The van der Waals surface area contributed by atoms with Crippen molar-refractivity contribution in [1.82, 2.24) is 4.57 Å². The number of halogens is 3. The summed E-state index contributed by atoms with van der Waals surface area (Å²) in [5.74, 6) is -0.908. The lowest BCUT2D eigenvalue weighted by molar-refractivity contribution is 0.100. The summed E-state index contributed by atoms with van der Waals surface area (Å²) in [4.78, 5) is 11.9. The number of aromatic nitrogens is 1. The molecule has 130 valence electrons. The fraction of sp³-hybridized carbons (Fsp3) is 0.0500. The van der Waals surface area contributed by atoms with Gasteiger partial charge in [0.25, 0.3) is 0 Å². The van der Waals surface area contributed by atoms with E-state index in [-0.39, 0.29) is 12.4 Å². The summed E-state index contributed by atoms with van der Waals surface area (Å²) < 4.78 is 16.2. The van der Waals surface area contributed by atoms with Crippen molar-refractivity contribution in [1.29, 1.82) is 0 Å². The number of benzene rings is 3. The maximum Gasteiger partial charge on any atom is 0.249 e. The lowest BCUT2D eigenvalue weighted by Gasteiger charge is -2.11. The Morgan fingerprint density at radius 2 is 1.81 bits per heavy atom. The quantitative estimate of drug-likeness (QED) is 0.504. The van der Waals surface area contributed by atoms with Gasteiger partial charge in [-0.05, 0) is 36.4 Å². The van der Waals surface area contributed by atoms with Crippen molar-refractivity contribution < 1.29 is 9.18 Å². The zero-order chi connectivity index (χ0) is 18.4. The van der Waals surface area contributed by atoms with Crippen molar-refractivity contribution in [2.45, 2.75) is 6.54 Å². The predicted octanol–water partition coefficient (Wildman–Crippen LogP) is 5.39. The predicted molar refractivity (Wildman–Crippen MR) is 103 cm³/mol. The number of carbonyl (C=O) groups is 1. The van der Waals surface area contributed by atoms with Crippen LogP contribution in [-0.2, 0) is 6.54 Å². The van der Waals surface area contributed by atoms with Crippen LogP contribution in [0.25, 0.3) is 21.8 Å². The van der Waals surface area contributed by atoms with E-state index >= 15 is 0 Å². The van der Waals surface area contributed by atoms with Gasteiger partial charge in [0.2, 0.25) is 5.91 Å². The van der Waals surface area contributed by atoms with Gasteiger partial charge < -0.3 is 10.3 Å². The number of rotatable bonds is 3. The van der Waals surface area contributed by atoms with E-state index in [0.29, 0.717) is 21.2 Å². The number of carbonyl (C=O) groups excluding carboxylic acids is 1. The fourth-order valence-electron chi connectivity index (χ4n) is 3.33. The summed E-state index contributed by atoms with van der Waals surface area (Å²) in [6, 6.07) is 15.3. The van der Waals surface area contributed by atoms with Crippen molar-refractivity contribution >= 4 is 50.9 Å². The van der Waals surface area contributed by atoms with Gasteiger partial charge >= 0.3 is 0 Å². The summed E-state index contributed by atoms with van der Waals surface area (Å²) in [5, 5.41) is 2.43. The molecular formula is C20H13Cl2FN2O. The maximum atomic E-state index is 14.3. The van der Waals surface area contributed by atoms with Crippen molar-refractivity contribution in [3.05, 3.63) is 81.6 Å². The van der Waals surface area contributed by atoms with Gasteiger partial charge in [-0.25, -0.2) is 4.39 Å². The molecule has 0 aliphatic rings. The molecule has 4 rings (SSSR count). The molecule has 0 aliphatic carbocycles. The number of primary amides is 1. The molecule has 0 spiro atoms. The molecule has 0 saturated carbocycles. The molecule has 0 radical (unpaired) electrons. The minimum absolute atomic E-state index is 0.202. The molecule has 1 amide bonds. The average molecular weight is 387 g/mol. The highest BCUT2D eigenvalue weighted by molar-refractivity contribution is 6.32. The average Bonchev–Trinajstić information content (AvgIpc) is 2.91. The lowest BCUT2D eigenvalue weighted by atomic mass is 10.1. The Morgan fingerprint density at radius 1 is 1.04 bits per heavy atom. The van der Waals surface area contributed by atoms with Crippen LogP contribution >= 0.6 is 23.2 Å². The third-order valence-corrected chi connectivity index (χ3v) is 5.09. The number of hydrogen-bond donors (Lipinski definition) is 1. The molecule has 3 nitrogen and oxygen atoms in total. The molecule has 0 unspecified atom stereocenters. The van der Waals surface area contributed by atoms with Gasteiger partial charge in [0.15, 0.2) is 0 Å². The van der Waals surface area contributed by atoms with E-state index in [1.54, 1.807) is 36.4 Å². The van der Waals surface area contributed by atoms with Crippen LogP contribution in [0.15, 0.2) is 54.6 Å². The van der Waals surface area contributed by atoms with Crippen molar-refractivity contribution in [2.75, 3.05) is 0 Å². The smallest absolute Gasteiger partial charge is 0.249 e. The topological polar surface area (TPSA) is 48.0 Å². The third-order valence-electron chi connectivity index (χ3n) is 4.50. The minimum Gasteiger partial charge on any atom is -0.366 e. The highest BCUT2D eigenvalue weighted by Crippen LogP contribution is 2.34. The van der Waals surface area contributed by atoms with E-state index < -0.39 is 5.91 Å². The van der Waals surface area contributed by atoms with Crippen LogP contribution in [0.1, 0.15) is 15.9 Å². The second-order valence-corrected chi connectivity index (χ2v) is 6.86. The number of amides is 1. The largest absolute Gasteiger partial charge is 0.366 e. The van der Waals surface area contributed by atoms with E-state index in [9.17, 15) is 9.18 Å². The first-order valence-electron chi connectivity index (χ1n) is 7.90. The first-order chi connectivity index (χ1) is 12.5. The summed E-state index contributed by atoms with van der Waals surface area (Å²) in [7, 11) is 0. The van der Waals surface area contributed by atoms with E-state index in [1.165, 1.54) is 6.07 Å². The van der Waals surface area contributed by atoms with Crippen LogP contribution in [0.2, 0.25) is 10.0 Å². The van der Waals surface area contributed by atoms with Crippen LogP contribution < -0.4 is 5.73 Å². The zero-order valence-electron chi connectivity index (χ0n) is 13.5. The van der Waals surface area contributed by atoms with Crippen molar-refractivity contribution in [2.24, 2.45) is 5.73 Å². The van der Waals surface area contributed by atoms with E-state index in [0.717, 1.165) is 21.8 Å². The molecule has 3 aromatic carbocycles. The van der Waals surface area contributed by atoms with Crippen LogP contribution in [0.3, 0.4) is 0 Å². The second-order valence-electron chi connectivity index (χ2n) is 6.01. The van der Waals surface area contributed by atoms with Crippen LogP contribution in [0, 0.1) is 5.82 Å². The molecule has 0 fully saturated rings. The summed E-state index contributed by atoms with van der Waals surface area (Å²) in [6.07, 6.45) is 0. The van der Waals surface area contributed by atoms with Gasteiger partial charge in [0.1, 0.15) is 5.82 Å². The number of nitrogens with zero attached hydrogens (tertiary/aromatic N) is 1. The number of nitrogens with two attached hydrogens (primary N) is 1. The normalized spacial score (nSPS) is 11.3. The molecule has 26 heavy (non-hydrogen) atoms. The molecule has 1 aromatic heterocycles. The van der Waals surface area contributed by atoms with Gasteiger partial charge in [-0.15, -0.1) is 0 Å². The highest BCUT2D eigenvalue weighted by Gasteiger charge is 2.18. The molecule has 2 N–H and O–H groups in total. The maximum absolute atomic E-state index is 14.3. The van der Waals surface area contributed by atoms with Gasteiger partial charge in [-0.1, -0.05) is 41.4 Å². The van der Waals surface area contributed by atoms with Gasteiger partial charge in [-0.3, -0.25) is 4.79 Å². The SMILES string of the molecule is NC(=O)c1cccc2c1c1ccc(Cl)cc1n2Cc1c(F)cccc1Cl. The Balaban J connectivity index is 2.09. The number of fused-ring (bicyclic) bond motifs is 3. The number of hydrogen-bond acceptors (Lipinski definition) is 1. The molecule has 0 aliphatic heterocycles. The standard InChI is InChI=1S/C20H13Cl2FN2O/c21-11-7-8-12-18(9-11)25(10-14-15(22)4-2-5-16(14)23)17-6-1-3-13(19(12)17)20(24)26/h1-9H,10H2,(H2,24,26). The van der Waals surface area contributed by atoms with Crippen molar-refractivity contribution in [3.63, 3.8) is 0 Å². The lowest BCUT2D eigenvalue weighted by Crippen LogP contribution is -2.11. The Bertz CT molecular complexity index is 1160. The first kappa shape index (κ1) is 16.9. The molecular weight excluding hydrogens is 374 g/mol. The first-order valence-corrected chi connectivity index (χ1v) is 8.66. The Labute approximate surface area is 158 Å². The highest BCUT2D eigenvalue weighted by atomic mass is 35.5. The van der Waals surface area contributed by atoms with Crippen LogP contribution in [0.4, 0.5) is 4.39 Å². The van der Waals surface area contributed by atoms with E-state index in [1.807, 2.05) is 16.7 Å². The van der Waals surface area contributed by atoms with E-state index in [4.69, 9.17) is 28.9 Å². The van der Waals surface area contributed by atoms with Gasteiger partial charge in [-0.2, -0.15) is 0 Å². The van der Waals surface area contributed by atoms with E-state index in [2.05, 4.69) is 0 Å². The minimum atomic E-state index is -0.520. The van der Waals surface area contributed by atoms with Gasteiger partial charge in [0.05, 0.1) is 17.6 Å². The Kier molecular flexibility index (Phi) is 4.10. The Morgan fingerprint density at radius 3 is 2.54 bits per heavy atom. The molecule has 0 bridgehead atoms. The zero-order valence-corrected chi connectivity index (χ0v) is 15.0. The molecule has 1 heterocycles. The molecule has 6 heteroatoms. The summed E-state index contributed by atoms with van der Waals surface area (Å²) >= 11 is 12.4. The summed E-state index contributed by atoms with van der Waals surface area (Å²) in [6.45, 7) is 0.202. The van der Waals surface area contributed by atoms with Crippen LogP contribution in [0.5, 0.6) is 0 Å². The third kappa shape index (κ3) is 2.62. The molecule has 4 aromatic rings. The summed E-state index contributed by atoms with van der Waals surface area (Å²) in [5.41, 5.74) is 7.88. The molecule has 0 atom stereocenters. The second kappa shape index (κ2) is 6.31.